The molecule has 0 atom stereocenters. The van der Waals surface area contributed by atoms with Gasteiger partial charge in [-0.25, -0.2) is 4.79 Å². The molecule has 0 radical (unpaired) electrons. The highest BCUT2D eigenvalue weighted by molar-refractivity contribution is 6.36. The number of carbonyl (C=O) groups excluding carboxylic acids is 2. The lowest BCUT2D eigenvalue weighted by atomic mass is 9.79. The molecule has 192 valence electrons. The van der Waals surface area contributed by atoms with Crippen molar-refractivity contribution in [2.45, 2.75) is 65.0 Å². The molecule has 1 heterocycles. The third kappa shape index (κ3) is 5.36. The number of esters is 1. The summed E-state index contributed by atoms with van der Waals surface area (Å²) in [5.41, 5.74) is 4.29. The second-order valence-corrected chi connectivity index (χ2v) is 9.93. The van der Waals surface area contributed by atoms with Crippen molar-refractivity contribution in [1.29, 1.82) is 0 Å². The highest BCUT2D eigenvalue weighted by atomic mass is 35.5. The maximum Gasteiger partial charge on any atom is 0.337 e. The molecule has 1 aliphatic carbocycles. The fourth-order valence-corrected chi connectivity index (χ4v) is 5.41. The monoisotopic (exact) mass is 511 g/mol. The summed E-state index contributed by atoms with van der Waals surface area (Å²) < 4.78 is 17.0. The Hall–Kier alpha value is -2.67. The molecule has 6 nitrogen and oxygen atoms in total. The van der Waals surface area contributed by atoms with Crippen LogP contribution in [0.15, 0.2) is 42.2 Å². The Bertz CT molecular complexity index is 1160. The maximum absolute atomic E-state index is 13.4. The molecule has 1 fully saturated rings. The van der Waals surface area contributed by atoms with Crippen LogP contribution in [-0.4, -0.2) is 43.3 Å². The first kappa shape index (κ1) is 26.4. The Balaban J connectivity index is 1.77. The number of benzene rings is 2. The Morgan fingerprint density at radius 1 is 1.06 bits per heavy atom. The van der Waals surface area contributed by atoms with Gasteiger partial charge < -0.3 is 19.5 Å². The number of halogens is 1. The Morgan fingerprint density at radius 3 is 2.39 bits per heavy atom. The number of hydrogen-bond donors (Lipinski definition) is 1. The zero-order chi connectivity index (χ0) is 25.9. The number of rotatable bonds is 8. The van der Waals surface area contributed by atoms with Crippen LogP contribution in [0.5, 0.6) is 0 Å². The van der Waals surface area contributed by atoms with Crippen molar-refractivity contribution in [2.75, 3.05) is 19.8 Å². The minimum atomic E-state index is -0.769. The molecule has 2 aromatic carbocycles. The number of amides is 1. The van der Waals surface area contributed by atoms with Crippen LogP contribution in [0, 0.1) is 13.8 Å². The van der Waals surface area contributed by atoms with Crippen molar-refractivity contribution < 1.29 is 23.8 Å². The summed E-state index contributed by atoms with van der Waals surface area (Å²) in [4.78, 5) is 26.1. The van der Waals surface area contributed by atoms with E-state index >= 15 is 0 Å². The van der Waals surface area contributed by atoms with Crippen LogP contribution in [0.25, 0.3) is 16.7 Å². The van der Waals surface area contributed by atoms with Crippen LogP contribution in [0.2, 0.25) is 5.02 Å². The van der Waals surface area contributed by atoms with Crippen LogP contribution < -0.4 is 5.32 Å². The molecule has 0 bridgehead atoms. The predicted molar refractivity (Wildman–Crippen MR) is 141 cm³/mol. The predicted octanol–water partition coefficient (Wildman–Crippen LogP) is 5.76. The van der Waals surface area contributed by atoms with Gasteiger partial charge in [0.25, 0.3) is 5.91 Å². The van der Waals surface area contributed by atoms with Gasteiger partial charge in [-0.15, -0.1) is 0 Å². The van der Waals surface area contributed by atoms with E-state index in [0.717, 1.165) is 29.5 Å². The third-order valence-electron chi connectivity index (χ3n) is 7.02. The molecule has 1 spiro atoms. The molecule has 0 unspecified atom stereocenters. The highest BCUT2D eigenvalue weighted by Gasteiger charge is 2.50. The van der Waals surface area contributed by atoms with E-state index in [4.69, 9.17) is 25.8 Å². The van der Waals surface area contributed by atoms with Crippen molar-refractivity contribution in [3.8, 4) is 11.1 Å². The summed E-state index contributed by atoms with van der Waals surface area (Å²) in [5.74, 6) is -0.471. The molecule has 1 saturated carbocycles. The van der Waals surface area contributed by atoms with Crippen molar-refractivity contribution in [3.63, 3.8) is 0 Å². The van der Waals surface area contributed by atoms with Gasteiger partial charge in [0.1, 0.15) is 12.4 Å². The van der Waals surface area contributed by atoms with Crippen LogP contribution in [-0.2, 0) is 23.8 Å². The SMILES string of the molecule is CCOCC(=O)OC1=C(c2cc(C)c(-c3ccc(C)cc3)cc2Cl)C(=O)NC12CCC(OCC)CC2. The standard InChI is InChI=1S/C29H34ClNO5/c1-5-34-17-25(32)36-27-26(28(33)31-29(27)13-11-21(12-14-29)35-6-2)23-15-19(4)22(16-24(23)30)20-9-7-18(3)8-10-20/h7-10,15-16,21H,5-6,11-14,17H2,1-4H3,(H,31,33). The summed E-state index contributed by atoms with van der Waals surface area (Å²) in [5, 5.41) is 3.58. The summed E-state index contributed by atoms with van der Waals surface area (Å²) >= 11 is 6.81. The molecule has 0 saturated heterocycles. The minimum absolute atomic E-state index is 0.126. The van der Waals surface area contributed by atoms with Gasteiger partial charge in [0.15, 0.2) is 0 Å². The molecule has 1 N–H and O–H groups in total. The molecule has 7 heteroatoms. The van der Waals surface area contributed by atoms with Gasteiger partial charge in [0.05, 0.1) is 17.2 Å². The number of carbonyl (C=O) groups is 2. The summed E-state index contributed by atoms with van der Waals surface area (Å²) in [7, 11) is 0. The molecular weight excluding hydrogens is 478 g/mol. The second kappa shape index (κ2) is 11.2. The van der Waals surface area contributed by atoms with Gasteiger partial charge in [-0.2, -0.15) is 0 Å². The Kier molecular flexibility index (Phi) is 8.18. The van der Waals surface area contributed by atoms with E-state index in [-0.39, 0.29) is 18.6 Å². The first-order valence-corrected chi connectivity index (χ1v) is 13.0. The van der Waals surface area contributed by atoms with E-state index in [1.54, 1.807) is 0 Å². The van der Waals surface area contributed by atoms with Crippen LogP contribution in [0.3, 0.4) is 0 Å². The molecule has 2 aliphatic rings. The van der Waals surface area contributed by atoms with E-state index in [0.29, 0.717) is 48.0 Å². The van der Waals surface area contributed by atoms with Gasteiger partial charge in [0, 0.05) is 23.8 Å². The van der Waals surface area contributed by atoms with E-state index in [2.05, 4.69) is 29.6 Å². The average molecular weight is 512 g/mol. The van der Waals surface area contributed by atoms with Crippen LogP contribution in [0.1, 0.15) is 56.2 Å². The third-order valence-corrected chi connectivity index (χ3v) is 7.33. The van der Waals surface area contributed by atoms with Gasteiger partial charge in [-0.3, -0.25) is 4.79 Å². The molecule has 1 aliphatic heterocycles. The molecule has 0 aromatic heterocycles. The topological polar surface area (TPSA) is 73.9 Å². The molecule has 36 heavy (non-hydrogen) atoms. The van der Waals surface area contributed by atoms with E-state index in [9.17, 15) is 9.59 Å². The van der Waals surface area contributed by atoms with E-state index < -0.39 is 11.5 Å². The lowest BCUT2D eigenvalue weighted by Gasteiger charge is -2.38. The average Bonchev–Trinajstić information content (AvgIpc) is 3.11. The van der Waals surface area contributed by atoms with Gasteiger partial charge in [-0.05, 0) is 82.2 Å². The molecule has 2 aromatic rings. The lowest BCUT2D eigenvalue weighted by molar-refractivity contribution is -0.146. The Labute approximate surface area is 218 Å². The fraction of sp³-hybridized carbons (Fsp3) is 0.448. The fourth-order valence-electron chi connectivity index (χ4n) is 5.16. The van der Waals surface area contributed by atoms with E-state index in [1.807, 2.05) is 39.8 Å². The largest absolute Gasteiger partial charge is 0.426 e. The normalized spacial score (nSPS) is 21.7. The smallest absolute Gasteiger partial charge is 0.337 e. The van der Waals surface area contributed by atoms with Crippen molar-refractivity contribution in [2.24, 2.45) is 0 Å². The number of aryl methyl sites for hydroxylation is 2. The summed E-state index contributed by atoms with van der Waals surface area (Å²) in [6.07, 6.45) is 2.87. The van der Waals surface area contributed by atoms with Crippen LogP contribution in [0.4, 0.5) is 0 Å². The van der Waals surface area contributed by atoms with Crippen molar-refractivity contribution in [1.82, 2.24) is 5.32 Å². The molecule has 1 amide bonds. The maximum atomic E-state index is 13.4. The molecular formula is C29H34ClNO5. The van der Waals surface area contributed by atoms with Crippen molar-refractivity contribution in [3.05, 3.63) is 63.9 Å². The Morgan fingerprint density at radius 2 is 1.75 bits per heavy atom. The van der Waals surface area contributed by atoms with Gasteiger partial charge >= 0.3 is 5.97 Å². The summed E-state index contributed by atoms with van der Waals surface area (Å²) in [6, 6.07) is 12.0. The minimum Gasteiger partial charge on any atom is -0.426 e. The zero-order valence-corrected chi connectivity index (χ0v) is 22.2. The number of hydrogen-bond acceptors (Lipinski definition) is 5. The quantitative estimate of drug-likeness (QED) is 0.456. The summed E-state index contributed by atoms with van der Waals surface area (Å²) in [6.45, 7) is 8.68. The van der Waals surface area contributed by atoms with Crippen LogP contribution >= 0.6 is 11.6 Å². The second-order valence-electron chi connectivity index (χ2n) is 9.52. The van der Waals surface area contributed by atoms with Gasteiger partial charge in [-0.1, -0.05) is 41.4 Å². The van der Waals surface area contributed by atoms with E-state index in [1.165, 1.54) is 5.56 Å². The molecule has 4 rings (SSSR count). The highest BCUT2D eigenvalue weighted by Crippen LogP contribution is 2.45. The number of nitrogens with one attached hydrogen (secondary N) is 1. The van der Waals surface area contributed by atoms with Crippen molar-refractivity contribution >= 4 is 29.1 Å². The lowest BCUT2D eigenvalue weighted by Crippen LogP contribution is -2.49. The van der Waals surface area contributed by atoms with Gasteiger partial charge in [0.2, 0.25) is 0 Å². The first-order valence-electron chi connectivity index (χ1n) is 12.6. The number of ether oxygens (including phenoxy) is 3. The first-order chi connectivity index (χ1) is 17.3. The zero-order valence-electron chi connectivity index (χ0n) is 21.4.